The van der Waals surface area contributed by atoms with Gasteiger partial charge in [-0.2, -0.15) is 0 Å². The van der Waals surface area contributed by atoms with Crippen LogP contribution in [0.3, 0.4) is 0 Å². The minimum Gasteiger partial charge on any atom is -0.335 e. The van der Waals surface area contributed by atoms with Crippen LogP contribution >= 0.6 is 0 Å². The zero-order valence-corrected chi connectivity index (χ0v) is 13.7. The van der Waals surface area contributed by atoms with Gasteiger partial charge in [-0.05, 0) is 56.9 Å². The summed E-state index contributed by atoms with van der Waals surface area (Å²) in [7, 11) is 0. The van der Waals surface area contributed by atoms with Crippen molar-refractivity contribution in [1.29, 1.82) is 0 Å². The molecule has 0 saturated heterocycles. The van der Waals surface area contributed by atoms with Gasteiger partial charge in [0.25, 0.3) is 0 Å². The molecular weight excluding hydrogens is 272 g/mol. The van der Waals surface area contributed by atoms with E-state index < -0.39 is 0 Å². The number of hydrogen-bond donors (Lipinski definition) is 2. The molecule has 1 unspecified atom stereocenters. The van der Waals surface area contributed by atoms with Crippen molar-refractivity contribution in [2.24, 2.45) is 0 Å². The second-order valence-corrected chi connectivity index (χ2v) is 6.01. The first-order valence-corrected chi connectivity index (χ1v) is 7.64. The first-order valence-electron chi connectivity index (χ1n) is 7.64. The molecular formula is C19H24N2O. The van der Waals surface area contributed by atoms with Crippen molar-refractivity contribution in [2.45, 2.75) is 40.2 Å². The van der Waals surface area contributed by atoms with Gasteiger partial charge in [0.15, 0.2) is 0 Å². The largest absolute Gasteiger partial charge is 0.335 e. The van der Waals surface area contributed by atoms with Crippen LogP contribution in [0.25, 0.3) is 0 Å². The molecule has 0 fully saturated rings. The second-order valence-electron chi connectivity index (χ2n) is 6.01. The van der Waals surface area contributed by atoms with Crippen LogP contribution in [0.5, 0.6) is 0 Å². The zero-order valence-electron chi connectivity index (χ0n) is 13.7. The number of benzene rings is 2. The molecule has 2 aromatic carbocycles. The Morgan fingerprint density at radius 3 is 2.50 bits per heavy atom. The van der Waals surface area contributed by atoms with Crippen molar-refractivity contribution >= 4 is 11.7 Å². The van der Waals surface area contributed by atoms with E-state index >= 15 is 0 Å². The zero-order chi connectivity index (χ0) is 16.1. The summed E-state index contributed by atoms with van der Waals surface area (Å²) in [5, 5.41) is 5.92. The summed E-state index contributed by atoms with van der Waals surface area (Å²) in [5.41, 5.74) is 5.53. The monoisotopic (exact) mass is 296 g/mol. The van der Waals surface area contributed by atoms with Crippen LogP contribution in [0.4, 0.5) is 10.5 Å². The highest BCUT2D eigenvalue weighted by Crippen LogP contribution is 2.16. The van der Waals surface area contributed by atoms with E-state index in [1.54, 1.807) is 0 Å². The van der Waals surface area contributed by atoms with E-state index in [0.29, 0.717) is 0 Å². The lowest BCUT2D eigenvalue weighted by Crippen LogP contribution is -2.37. The third kappa shape index (κ3) is 4.62. The molecule has 116 valence electrons. The van der Waals surface area contributed by atoms with Crippen molar-refractivity contribution in [1.82, 2.24) is 5.32 Å². The SMILES string of the molecule is Cc1cccc(CC(C)NC(=O)Nc2cc(C)ccc2C)c1. The van der Waals surface area contributed by atoms with Crippen molar-refractivity contribution in [3.8, 4) is 0 Å². The molecule has 0 spiro atoms. The molecule has 0 radical (unpaired) electrons. The van der Waals surface area contributed by atoms with Crippen LogP contribution in [-0.2, 0) is 6.42 Å². The molecule has 3 heteroatoms. The van der Waals surface area contributed by atoms with Gasteiger partial charge in [0.2, 0.25) is 0 Å². The smallest absolute Gasteiger partial charge is 0.319 e. The van der Waals surface area contributed by atoms with Crippen molar-refractivity contribution in [2.75, 3.05) is 5.32 Å². The summed E-state index contributed by atoms with van der Waals surface area (Å²) in [6.45, 7) is 8.11. The lowest BCUT2D eigenvalue weighted by atomic mass is 10.1. The molecule has 0 aliphatic heterocycles. The lowest BCUT2D eigenvalue weighted by Gasteiger charge is -2.16. The molecule has 2 amide bonds. The molecule has 0 bridgehead atoms. The minimum atomic E-state index is -0.158. The lowest BCUT2D eigenvalue weighted by molar-refractivity contribution is 0.249. The van der Waals surface area contributed by atoms with E-state index in [1.807, 2.05) is 45.0 Å². The Hall–Kier alpha value is -2.29. The standard InChI is InChI=1S/C19H24N2O/c1-13-6-5-7-17(10-13)12-16(4)20-19(22)21-18-11-14(2)8-9-15(18)3/h5-11,16H,12H2,1-4H3,(H2,20,21,22). The quantitative estimate of drug-likeness (QED) is 0.864. The summed E-state index contributed by atoms with van der Waals surface area (Å²) in [6, 6.07) is 14.3. The maximum Gasteiger partial charge on any atom is 0.319 e. The Kier molecular flexibility index (Phi) is 5.21. The predicted molar refractivity (Wildman–Crippen MR) is 92.4 cm³/mol. The predicted octanol–water partition coefficient (Wildman–Crippen LogP) is 4.36. The van der Waals surface area contributed by atoms with Gasteiger partial charge in [0.1, 0.15) is 0 Å². The topological polar surface area (TPSA) is 41.1 Å². The third-order valence-electron chi connectivity index (χ3n) is 3.64. The summed E-state index contributed by atoms with van der Waals surface area (Å²) in [6.07, 6.45) is 0.821. The molecule has 0 aliphatic rings. The Balaban J connectivity index is 1.92. The van der Waals surface area contributed by atoms with Crippen molar-refractivity contribution in [3.05, 3.63) is 64.7 Å². The Morgan fingerprint density at radius 2 is 1.77 bits per heavy atom. The molecule has 2 aromatic rings. The van der Waals surface area contributed by atoms with Crippen LogP contribution in [0.15, 0.2) is 42.5 Å². The van der Waals surface area contributed by atoms with E-state index in [-0.39, 0.29) is 12.1 Å². The maximum atomic E-state index is 12.1. The fourth-order valence-corrected chi connectivity index (χ4v) is 2.50. The number of anilines is 1. The summed E-state index contributed by atoms with van der Waals surface area (Å²) < 4.78 is 0. The first-order chi connectivity index (χ1) is 10.4. The van der Waals surface area contributed by atoms with Gasteiger partial charge in [-0.3, -0.25) is 0 Å². The number of hydrogen-bond acceptors (Lipinski definition) is 1. The normalized spacial score (nSPS) is 11.8. The molecule has 1 atom stereocenters. The molecule has 0 saturated carbocycles. The molecule has 2 rings (SSSR count). The highest BCUT2D eigenvalue weighted by atomic mass is 16.2. The molecule has 0 heterocycles. The van der Waals surface area contributed by atoms with E-state index in [9.17, 15) is 4.79 Å². The van der Waals surface area contributed by atoms with Gasteiger partial charge in [-0.15, -0.1) is 0 Å². The Morgan fingerprint density at radius 1 is 1.05 bits per heavy atom. The van der Waals surface area contributed by atoms with E-state index in [1.165, 1.54) is 11.1 Å². The summed E-state index contributed by atoms with van der Waals surface area (Å²) in [4.78, 5) is 12.1. The van der Waals surface area contributed by atoms with Crippen LogP contribution in [0.2, 0.25) is 0 Å². The van der Waals surface area contributed by atoms with Crippen LogP contribution in [0.1, 0.15) is 29.2 Å². The highest BCUT2D eigenvalue weighted by molar-refractivity contribution is 5.90. The number of rotatable bonds is 4. The second kappa shape index (κ2) is 7.12. The van der Waals surface area contributed by atoms with Gasteiger partial charge in [-0.1, -0.05) is 42.0 Å². The van der Waals surface area contributed by atoms with Gasteiger partial charge >= 0.3 is 6.03 Å². The van der Waals surface area contributed by atoms with Crippen molar-refractivity contribution in [3.63, 3.8) is 0 Å². The van der Waals surface area contributed by atoms with Gasteiger partial charge in [0.05, 0.1) is 0 Å². The molecule has 3 nitrogen and oxygen atoms in total. The maximum absolute atomic E-state index is 12.1. The molecule has 22 heavy (non-hydrogen) atoms. The van der Waals surface area contributed by atoms with Crippen LogP contribution < -0.4 is 10.6 Å². The number of amides is 2. The summed E-state index contributed by atoms with van der Waals surface area (Å²) >= 11 is 0. The first kappa shape index (κ1) is 16.1. The summed E-state index contributed by atoms with van der Waals surface area (Å²) in [5.74, 6) is 0. The fraction of sp³-hybridized carbons (Fsp3) is 0.316. The number of carbonyl (C=O) groups is 1. The Labute approximate surface area is 132 Å². The van der Waals surface area contributed by atoms with Crippen LogP contribution in [-0.4, -0.2) is 12.1 Å². The van der Waals surface area contributed by atoms with Crippen molar-refractivity contribution < 1.29 is 4.79 Å². The van der Waals surface area contributed by atoms with Gasteiger partial charge in [0, 0.05) is 11.7 Å². The third-order valence-corrected chi connectivity index (χ3v) is 3.64. The van der Waals surface area contributed by atoms with Gasteiger partial charge in [-0.25, -0.2) is 4.79 Å². The number of urea groups is 1. The molecule has 2 N–H and O–H groups in total. The van der Waals surface area contributed by atoms with Gasteiger partial charge < -0.3 is 10.6 Å². The fourth-order valence-electron chi connectivity index (χ4n) is 2.50. The average molecular weight is 296 g/mol. The number of carbonyl (C=O) groups excluding carboxylic acids is 1. The minimum absolute atomic E-state index is 0.0758. The molecule has 0 aromatic heterocycles. The Bertz CT molecular complexity index is 664. The van der Waals surface area contributed by atoms with E-state index in [4.69, 9.17) is 0 Å². The van der Waals surface area contributed by atoms with E-state index in [2.05, 4.69) is 35.8 Å². The average Bonchev–Trinajstić information content (AvgIpc) is 2.42. The van der Waals surface area contributed by atoms with E-state index in [0.717, 1.165) is 23.2 Å². The molecule has 0 aliphatic carbocycles. The number of nitrogens with one attached hydrogen (secondary N) is 2. The van der Waals surface area contributed by atoms with Crippen LogP contribution in [0, 0.1) is 20.8 Å². The number of aryl methyl sites for hydroxylation is 3. The highest BCUT2D eigenvalue weighted by Gasteiger charge is 2.09.